The van der Waals surface area contributed by atoms with E-state index in [4.69, 9.17) is 0 Å². The maximum atomic E-state index is 13.1. The van der Waals surface area contributed by atoms with Gasteiger partial charge in [0.1, 0.15) is 5.82 Å². The highest BCUT2D eigenvalue weighted by atomic mass is 32.1. The van der Waals surface area contributed by atoms with Gasteiger partial charge in [-0.05, 0) is 31.2 Å². The fourth-order valence-corrected chi connectivity index (χ4v) is 4.06. The molecule has 5 nitrogen and oxygen atoms in total. The van der Waals surface area contributed by atoms with Gasteiger partial charge in [0, 0.05) is 24.0 Å². The Bertz CT molecular complexity index is 1030. The fraction of sp³-hybridized carbons (Fsp3) is 0.278. The summed E-state index contributed by atoms with van der Waals surface area (Å²) in [4.78, 5) is 22.3. The lowest BCUT2D eigenvalue weighted by atomic mass is 10.1. The van der Waals surface area contributed by atoms with E-state index in [-0.39, 0.29) is 17.0 Å². The number of benzene rings is 1. The Morgan fingerprint density at radius 2 is 1.93 bits per heavy atom. The molecule has 0 radical (unpaired) electrons. The number of hydrogen-bond acceptors (Lipinski definition) is 4. The first kappa shape index (κ1) is 18.6. The van der Waals surface area contributed by atoms with E-state index in [9.17, 15) is 22.4 Å². The smallest absolute Gasteiger partial charge is 0.329 e. The molecule has 4 rings (SSSR count). The molecule has 0 spiro atoms. The van der Waals surface area contributed by atoms with E-state index in [0.717, 1.165) is 16.7 Å². The second kappa shape index (κ2) is 6.69. The van der Waals surface area contributed by atoms with Crippen LogP contribution in [0.1, 0.15) is 34.7 Å². The van der Waals surface area contributed by atoms with Gasteiger partial charge in [-0.2, -0.15) is 13.2 Å². The van der Waals surface area contributed by atoms with Crippen LogP contribution < -0.4 is 0 Å². The van der Waals surface area contributed by atoms with E-state index >= 15 is 0 Å². The highest BCUT2D eigenvalue weighted by Crippen LogP contribution is 2.35. The van der Waals surface area contributed by atoms with E-state index in [0.29, 0.717) is 30.2 Å². The summed E-state index contributed by atoms with van der Waals surface area (Å²) in [6.45, 7) is 2.55. The van der Waals surface area contributed by atoms with Crippen molar-refractivity contribution in [3.63, 3.8) is 0 Å². The quantitative estimate of drug-likeness (QED) is 0.589. The van der Waals surface area contributed by atoms with Crippen LogP contribution in [0.5, 0.6) is 0 Å². The molecular formula is C18H14F4N4OS. The number of aromatic nitrogens is 3. The highest BCUT2D eigenvalue weighted by Gasteiger charge is 2.35. The average Bonchev–Trinajstić information content (AvgIpc) is 3.29. The number of thiazole rings is 1. The number of alkyl halides is 3. The van der Waals surface area contributed by atoms with Crippen LogP contribution in [-0.4, -0.2) is 31.9 Å². The molecule has 0 saturated carbocycles. The van der Waals surface area contributed by atoms with Crippen LogP contribution in [0.25, 0.3) is 10.8 Å². The maximum absolute atomic E-state index is 13.1. The first-order valence-corrected chi connectivity index (χ1v) is 9.28. The van der Waals surface area contributed by atoms with Gasteiger partial charge in [0.25, 0.3) is 5.91 Å². The second-order valence-corrected chi connectivity index (χ2v) is 7.23. The van der Waals surface area contributed by atoms with Crippen molar-refractivity contribution in [2.75, 3.05) is 6.54 Å². The summed E-state index contributed by atoms with van der Waals surface area (Å²) in [7, 11) is 0. The third-order valence-corrected chi connectivity index (χ3v) is 5.52. The molecule has 0 saturated heterocycles. The van der Waals surface area contributed by atoms with Crippen molar-refractivity contribution < 1.29 is 22.4 Å². The lowest BCUT2D eigenvalue weighted by molar-refractivity contribution is -0.140. The van der Waals surface area contributed by atoms with Crippen molar-refractivity contribution in [2.45, 2.75) is 25.7 Å². The fourth-order valence-electron chi connectivity index (χ4n) is 3.23. The minimum atomic E-state index is -4.50. The Morgan fingerprint density at radius 1 is 1.21 bits per heavy atom. The minimum Gasteiger partial charge on any atom is -0.329 e. The molecular weight excluding hydrogens is 396 g/mol. The molecule has 10 heteroatoms. The monoisotopic (exact) mass is 410 g/mol. The van der Waals surface area contributed by atoms with Gasteiger partial charge in [0.05, 0.1) is 17.9 Å². The zero-order chi connectivity index (χ0) is 20.1. The average molecular weight is 410 g/mol. The molecule has 1 aliphatic rings. The van der Waals surface area contributed by atoms with Gasteiger partial charge in [0.2, 0.25) is 0 Å². The topological polar surface area (TPSA) is 51.0 Å². The van der Waals surface area contributed by atoms with Crippen molar-refractivity contribution in [3.05, 3.63) is 58.6 Å². The summed E-state index contributed by atoms with van der Waals surface area (Å²) in [5.74, 6) is -0.307. The number of fused-ring (bicyclic) bond motifs is 1. The number of rotatable bonds is 2. The predicted molar refractivity (Wildman–Crippen MR) is 94.2 cm³/mol. The predicted octanol–water partition coefficient (Wildman–Crippen LogP) is 4.38. The van der Waals surface area contributed by atoms with Crippen molar-refractivity contribution >= 4 is 17.2 Å². The molecule has 2 aromatic heterocycles. The van der Waals surface area contributed by atoms with Crippen LogP contribution in [0.15, 0.2) is 35.8 Å². The van der Waals surface area contributed by atoms with Crippen molar-refractivity contribution in [2.24, 2.45) is 0 Å². The van der Waals surface area contributed by atoms with E-state index in [1.807, 2.05) is 6.92 Å². The summed E-state index contributed by atoms with van der Waals surface area (Å²) in [5.41, 5.74) is 0.137. The number of amides is 1. The molecule has 3 heterocycles. The van der Waals surface area contributed by atoms with Crippen LogP contribution in [0, 0.1) is 5.82 Å². The van der Waals surface area contributed by atoms with E-state index in [1.54, 1.807) is 15.7 Å². The molecule has 0 bridgehead atoms. The third kappa shape index (κ3) is 3.17. The first-order valence-electron chi connectivity index (χ1n) is 8.41. The van der Waals surface area contributed by atoms with Crippen LogP contribution >= 0.6 is 11.3 Å². The number of hydrogen-bond donors (Lipinski definition) is 0. The summed E-state index contributed by atoms with van der Waals surface area (Å²) in [6, 6.07) is 4.97. The number of halogens is 4. The van der Waals surface area contributed by atoms with Crippen LogP contribution in [0.3, 0.4) is 0 Å². The van der Waals surface area contributed by atoms with E-state index in [1.165, 1.54) is 24.3 Å². The summed E-state index contributed by atoms with van der Waals surface area (Å²) < 4.78 is 53.3. The minimum absolute atomic E-state index is 0.184. The second-order valence-electron chi connectivity index (χ2n) is 6.38. The molecule has 1 atom stereocenters. The Labute approximate surface area is 161 Å². The SMILES string of the molecule is CC1c2cnc(-c3nc(C(F)(F)F)cs3)n2CCN1C(=O)c1ccc(F)cc1. The summed E-state index contributed by atoms with van der Waals surface area (Å²) in [6.07, 6.45) is -2.95. The lowest BCUT2D eigenvalue weighted by Gasteiger charge is -2.35. The normalized spacial score (nSPS) is 16.9. The van der Waals surface area contributed by atoms with E-state index < -0.39 is 17.7 Å². The van der Waals surface area contributed by atoms with Gasteiger partial charge in [-0.25, -0.2) is 14.4 Å². The zero-order valence-electron chi connectivity index (χ0n) is 14.6. The van der Waals surface area contributed by atoms with Gasteiger partial charge in [0.15, 0.2) is 16.5 Å². The van der Waals surface area contributed by atoms with Gasteiger partial charge < -0.3 is 9.47 Å². The first-order chi connectivity index (χ1) is 13.3. The van der Waals surface area contributed by atoms with E-state index in [2.05, 4.69) is 9.97 Å². The number of nitrogens with zero attached hydrogens (tertiary/aromatic N) is 4. The molecule has 1 amide bonds. The molecule has 146 valence electrons. The van der Waals surface area contributed by atoms with Crippen molar-refractivity contribution in [3.8, 4) is 10.8 Å². The number of carbonyl (C=O) groups is 1. The zero-order valence-corrected chi connectivity index (χ0v) is 15.4. The Kier molecular flexibility index (Phi) is 4.45. The third-order valence-electron chi connectivity index (χ3n) is 4.68. The molecule has 0 aliphatic carbocycles. The number of carbonyl (C=O) groups excluding carboxylic acids is 1. The van der Waals surface area contributed by atoms with Crippen molar-refractivity contribution in [1.82, 2.24) is 19.4 Å². The van der Waals surface area contributed by atoms with Crippen LogP contribution in [0.4, 0.5) is 17.6 Å². The molecule has 0 fully saturated rings. The van der Waals surface area contributed by atoms with Crippen LogP contribution in [-0.2, 0) is 12.7 Å². The van der Waals surface area contributed by atoms with Crippen LogP contribution in [0.2, 0.25) is 0 Å². The van der Waals surface area contributed by atoms with Gasteiger partial charge in [-0.3, -0.25) is 4.79 Å². The molecule has 1 aliphatic heterocycles. The molecule has 1 unspecified atom stereocenters. The Morgan fingerprint density at radius 3 is 2.57 bits per heavy atom. The largest absolute Gasteiger partial charge is 0.434 e. The lowest BCUT2D eigenvalue weighted by Crippen LogP contribution is -2.41. The van der Waals surface area contributed by atoms with Gasteiger partial charge >= 0.3 is 6.18 Å². The Hall–Kier alpha value is -2.75. The maximum Gasteiger partial charge on any atom is 0.434 e. The van der Waals surface area contributed by atoms with Crippen molar-refractivity contribution in [1.29, 1.82) is 0 Å². The molecule has 28 heavy (non-hydrogen) atoms. The summed E-state index contributed by atoms with van der Waals surface area (Å²) >= 11 is 0.883. The highest BCUT2D eigenvalue weighted by molar-refractivity contribution is 7.13. The molecule has 0 N–H and O–H groups in total. The summed E-state index contributed by atoms with van der Waals surface area (Å²) in [5, 5.41) is 1.15. The van der Waals surface area contributed by atoms with Gasteiger partial charge in [-0.15, -0.1) is 11.3 Å². The Balaban J connectivity index is 1.62. The standard InChI is InChI=1S/C18H14F4N4OS/c1-10-13-8-23-15(16-24-14(9-28-16)18(20,21)22)26(13)7-6-25(10)17(27)11-2-4-12(19)5-3-11/h2-5,8-10H,6-7H2,1H3. The molecule has 3 aromatic rings. The number of imidazole rings is 1. The van der Waals surface area contributed by atoms with Gasteiger partial charge in [-0.1, -0.05) is 0 Å². The molecule has 1 aromatic carbocycles.